The van der Waals surface area contributed by atoms with Gasteiger partial charge in [0.25, 0.3) is 0 Å². The second-order valence-electron chi connectivity index (χ2n) is 7.38. The minimum atomic E-state index is -1.25. The number of esters is 1. The molecule has 2 rings (SSSR count). The molecule has 1 N–H and O–H groups in total. The highest BCUT2D eigenvalue weighted by Crippen LogP contribution is 2.19. The zero-order chi connectivity index (χ0) is 19.2. The molecule has 0 saturated carbocycles. The van der Waals surface area contributed by atoms with E-state index in [1.807, 2.05) is 60.7 Å². The van der Waals surface area contributed by atoms with Gasteiger partial charge in [0.2, 0.25) is 0 Å². The predicted octanol–water partition coefficient (Wildman–Crippen LogP) is 3.36. The topological polar surface area (TPSA) is 63.6 Å². The molecule has 0 aliphatic rings. The molecule has 0 amide bonds. The number of aliphatic hydroxyl groups excluding tert-OH is 1. The molecule has 0 fully saturated rings. The van der Waals surface area contributed by atoms with Crippen molar-refractivity contribution in [2.75, 3.05) is 0 Å². The number of ether oxygens (including phenoxy) is 1. The van der Waals surface area contributed by atoms with Crippen molar-refractivity contribution in [3.05, 3.63) is 71.8 Å². The summed E-state index contributed by atoms with van der Waals surface area (Å²) in [6, 6.07) is 18.5. The van der Waals surface area contributed by atoms with Crippen LogP contribution in [0.3, 0.4) is 0 Å². The van der Waals surface area contributed by atoms with E-state index in [1.165, 1.54) is 0 Å². The molecule has 0 aliphatic heterocycles. The number of ketones is 1. The Balaban J connectivity index is 2.18. The second kappa shape index (κ2) is 8.77. The molecular formula is C22H26O4. The summed E-state index contributed by atoms with van der Waals surface area (Å²) in [4.78, 5) is 25.4. The van der Waals surface area contributed by atoms with Gasteiger partial charge in [-0.2, -0.15) is 0 Å². The lowest BCUT2D eigenvalue weighted by molar-refractivity contribution is -0.163. The molecule has 2 aromatic carbocycles. The fraction of sp³-hybridized carbons (Fsp3) is 0.364. The molecule has 2 atom stereocenters. The Kier molecular flexibility index (Phi) is 6.70. The molecule has 138 valence electrons. The number of rotatable bonds is 7. The summed E-state index contributed by atoms with van der Waals surface area (Å²) in [5.74, 6) is -2.14. The lowest BCUT2D eigenvalue weighted by Gasteiger charge is -2.24. The Bertz CT molecular complexity index is 717. The highest BCUT2D eigenvalue weighted by molar-refractivity contribution is 6.01. The lowest BCUT2D eigenvalue weighted by atomic mass is 9.90. The fourth-order valence-electron chi connectivity index (χ4n) is 2.69. The van der Waals surface area contributed by atoms with Gasteiger partial charge in [-0.05, 0) is 38.3 Å². The average molecular weight is 354 g/mol. The highest BCUT2D eigenvalue weighted by atomic mass is 16.6. The van der Waals surface area contributed by atoms with E-state index in [2.05, 4.69) is 0 Å². The van der Waals surface area contributed by atoms with Gasteiger partial charge in [0.15, 0.2) is 5.78 Å². The number of Topliss-reactive ketones (excluding diaryl/α,β-unsaturated/α-hetero) is 1. The van der Waals surface area contributed by atoms with Crippen molar-refractivity contribution >= 4 is 11.8 Å². The minimum Gasteiger partial charge on any atom is -0.459 e. The summed E-state index contributed by atoms with van der Waals surface area (Å²) < 4.78 is 5.42. The lowest BCUT2D eigenvalue weighted by Crippen LogP contribution is -2.39. The predicted molar refractivity (Wildman–Crippen MR) is 101 cm³/mol. The Morgan fingerprint density at radius 2 is 1.35 bits per heavy atom. The summed E-state index contributed by atoms with van der Waals surface area (Å²) in [6.45, 7) is 5.28. The number of benzene rings is 2. The summed E-state index contributed by atoms with van der Waals surface area (Å²) in [5, 5.41) is 10.4. The highest BCUT2D eigenvalue weighted by Gasteiger charge is 2.34. The van der Waals surface area contributed by atoms with E-state index in [1.54, 1.807) is 20.8 Å². The molecule has 0 unspecified atom stereocenters. The Morgan fingerprint density at radius 1 is 0.885 bits per heavy atom. The van der Waals surface area contributed by atoms with Gasteiger partial charge in [0, 0.05) is 6.42 Å². The van der Waals surface area contributed by atoms with E-state index in [9.17, 15) is 14.7 Å². The normalized spacial score (nSPS) is 13.7. The standard InChI is InChI=1S/C22H26O4/c1-22(2,3)26-21(25)18(14-16-10-6-4-7-11-16)20(24)19(23)15-17-12-8-5-9-13-17/h4-13,18-19,23H,14-15H2,1-3H3/t18-,19-/m1/s1. The van der Waals surface area contributed by atoms with Crippen LogP contribution in [0.5, 0.6) is 0 Å². The van der Waals surface area contributed by atoms with E-state index < -0.39 is 29.4 Å². The number of carbonyl (C=O) groups excluding carboxylic acids is 2. The third-order valence-electron chi connectivity index (χ3n) is 3.92. The summed E-state index contributed by atoms with van der Waals surface area (Å²) in [5.41, 5.74) is 0.996. The first kappa shape index (κ1) is 19.9. The van der Waals surface area contributed by atoms with Gasteiger partial charge in [-0.15, -0.1) is 0 Å². The van der Waals surface area contributed by atoms with Crippen molar-refractivity contribution in [2.24, 2.45) is 5.92 Å². The third-order valence-corrected chi connectivity index (χ3v) is 3.92. The van der Waals surface area contributed by atoms with Crippen molar-refractivity contribution in [3.8, 4) is 0 Å². The van der Waals surface area contributed by atoms with Gasteiger partial charge >= 0.3 is 5.97 Å². The van der Waals surface area contributed by atoms with Gasteiger partial charge in [-0.3, -0.25) is 9.59 Å². The van der Waals surface area contributed by atoms with Crippen LogP contribution in [0.1, 0.15) is 31.9 Å². The van der Waals surface area contributed by atoms with Crippen LogP contribution in [0, 0.1) is 5.92 Å². The molecule has 0 radical (unpaired) electrons. The Morgan fingerprint density at radius 3 is 1.81 bits per heavy atom. The van der Waals surface area contributed by atoms with Crippen LogP contribution in [0.15, 0.2) is 60.7 Å². The molecule has 0 saturated heterocycles. The zero-order valence-electron chi connectivity index (χ0n) is 15.5. The van der Waals surface area contributed by atoms with Crippen molar-refractivity contribution in [3.63, 3.8) is 0 Å². The third kappa shape index (κ3) is 6.12. The van der Waals surface area contributed by atoms with E-state index in [4.69, 9.17) is 4.74 Å². The van der Waals surface area contributed by atoms with Crippen molar-refractivity contribution < 1.29 is 19.4 Å². The van der Waals surface area contributed by atoms with Crippen molar-refractivity contribution in [1.29, 1.82) is 0 Å². The summed E-state index contributed by atoms with van der Waals surface area (Å²) in [7, 11) is 0. The molecule has 0 spiro atoms. The first-order chi connectivity index (χ1) is 12.3. The van der Waals surface area contributed by atoms with Gasteiger partial charge in [0.05, 0.1) is 0 Å². The molecule has 2 aromatic rings. The number of hydrogen-bond donors (Lipinski definition) is 1. The van der Waals surface area contributed by atoms with Gasteiger partial charge in [-0.1, -0.05) is 60.7 Å². The van der Waals surface area contributed by atoms with Crippen LogP contribution in [-0.4, -0.2) is 28.6 Å². The second-order valence-corrected chi connectivity index (χ2v) is 7.38. The van der Waals surface area contributed by atoms with Crippen LogP contribution in [0.4, 0.5) is 0 Å². The van der Waals surface area contributed by atoms with Crippen molar-refractivity contribution in [1.82, 2.24) is 0 Å². The van der Waals surface area contributed by atoms with Crippen LogP contribution >= 0.6 is 0 Å². The van der Waals surface area contributed by atoms with E-state index in [0.29, 0.717) is 0 Å². The minimum absolute atomic E-state index is 0.174. The fourth-order valence-corrected chi connectivity index (χ4v) is 2.69. The van der Waals surface area contributed by atoms with Crippen LogP contribution in [0.2, 0.25) is 0 Å². The maximum Gasteiger partial charge on any atom is 0.317 e. The molecule has 4 nitrogen and oxygen atoms in total. The molecule has 0 aliphatic carbocycles. The SMILES string of the molecule is CC(C)(C)OC(=O)[C@H](Cc1ccccc1)C(=O)[C@H](O)Cc1ccccc1. The largest absolute Gasteiger partial charge is 0.459 e. The maximum absolute atomic E-state index is 12.8. The number of aliphatic hydroxyl groups is 1. The van der Waals surface area contributed by atoms with Crippen LogP contribution in [0.25, 0.3) is 0 Å². The molecule has 26 heavy (non-hydrogen) atoms. The quantitative estimate of drug-likeness (QED) is 0.612. The van der Waals surface area contributed by atoms with Gasteiger partial charge in [0.1, 0.15) is 17.6 Å². The first-order valence-electron chi connectivity index (χ1n) is 8.79. The van der Waals surface area contributed by atoms with Crippen LogP contribution < -0.4 is 0 Å². The molecule has 0 heterocycles. The number of hydrogen-bond acceptors (Lipinski definition) is 4. The monoisotopic (exact) mass is 354 g/mol. The number of carbonyl (C=O) groups is 2. The smallest absolute Gasteiger partial charge is 0.317 e. The Labute approximate surface area is 154 Å². The van der Waals surface area contributed by atoms with E-state index in [-0.39, 0.29) is 12.8 Å². The van der Waals surface area contributed by atoms with Gasteiger partial charge in [-0.25, -0.2) is 0 Å². The first-order valence-corrected chi connectivity index (χ1v) is 8.79. The van der Waals surface area contributed by atoms with E-state index >= 15 is 0 Å². The molecule has 0 aromatic heterocycles. The molecule has 0 bridgehead atoms. The van der Waals surface area contributed by atoms with E-state index in [0.717, 1.165) is 11.1 Å². The summed E-state index contributed by atoms with van der Waals surface area (Å²) >= 11 is 0. The van der Waals surface area contributed by atoms with Crippen molar-refractivity contribution in [2.45, 2.75) is 45.3 Å². The summed E-state index contributed by atoms with van der Waals surface area (Å²) in [6.07, 6.45) is -0.868. The average Bonchev–Trinajstić information content (AvgIpc) is 2.59. The molecular weight excluding hydrogens is 328 g/mol. The molecule has 4 heteroatoms. The van der Waals surface area contributed by atoms with Gasteiger partial charge < -0.3 is 9.84 Å². The maximum atomic E-state index is 12.8. The zero-order valence-corrected chi connectivity index (χ0v) is 15.5. The van der Waals surface area contributed by atoms with Crippen LogP contribution in [-0.2, 0) is 27.2 Å². The Hall–Kier alpha value is -2.46.